The van der Waals surface area contributed by atoms with Gasteiger partial charge in [0.2, 0.25) is 0 Å². The molecule has 0 radical (unpaired) electrons. The summed E-state index contributed by atoms with van der Waals surface area (Å²) in [6, 6.07) is 4.62. The summed E-state index contributed by atoms with van der Waals surface area (Å²) in [7, 11) is 4.24. The van der Waals surface area contributed by atoms with Gasteiger partial charge in [0, 0.05) is 6.54 Å². The van der Waals surface area contributed by atoms with Crippen molar-refractivity contribution in [3.8, 4) is 0 Å². The summed E-state index contributed by atoms with van der Waals surface area (Å²) in [4.78, 5) is 2.23. The Morgan fingerprint density at radius 3 is 2.07 bits per heavy atom. The lowest BCUT2D eigenvalue weighted by Crippen LogP contribution is -2.15. The van der Waals surface area contributed by atoms with Crippen LogP contribution in [-0.2, 0) is 6.42 Å². The molecule has 0 bridgehead atoms. The Hall–Kier alpha value is -0.820. The summed E-state index contributed by atoms with van der Waals surface area (Å²) in [5.41, 5.74) is 5.72. The molecule has 0 fully saturated rings. The quantitative estimate of drug-likeness (QED) is 0.710. The largest absolute Gasteiger partial charge is 0.309 e. The van der Waals surface area contributed by atoms with Gasteiger partial charge in [0.15, 0.2) is 0 Å². The summed E-state index contributed by atoms with van der Waals surface area (Å²) in [5.74, 6) is 0. The van der Waals surface area contributed by atoms with E-state index in [-0.39, 0.29) is 0 Å². The van der Waals surface area contributed by atoms with Gasteiger partial charge in [-0.25, -0.2) is 0 Å². The van der Waals surface area contributed by atoms with Crippen molar-refractivity contribution < 1.29 is 0 Å². The maximum Gasteiger partial charge on any atom is 0.00158 e. The zero-order valence-electron chi connectivity index (χ0n) is 10.0. The molecule has 1 aromatic carbocycles. The van der Waals surface area contributed by atoms with Gasteiger partial charge in [-0.1, -0.05) is 12.1 Å². The minimum Gasteiger partial charge on any atom is -0.309 e. The maximum atomic E-state index is 2.33. The van der Waals surface area contributed by atoms with E-state index in [0.717, 1.165) is 13.0 Å². The molecule has 1 nitrogen and oxygen atoms in total. The predicted molar refractivity (Wildman–Crippen MR) is 62.9 cm³/mol. The van der Waals surface area contributed by atoms with Gasteiger partial charge in [0.25, 0.3) is 0 Å². The molecule has 78 valence electrons. The lowest BCUT2D eigenvalue weighted by Gasteiger charge is -2.13. The topological polar surface area (TPSA) is 3.24 Å². The molecule has 0 aliphatic carbocycles. The van der Waals surface area contributed by atoms with Gasteiger partial charge in [-0.3, -0.25) is 0 Å². The van der Waals surface area contributed by atoms with Crippen LogP contribution in [0.3, 0.4) is 0 Å². The van der Waals surface area contributed by atoms with Crippen LogP contribution >= 0.6 is 0 Å². The molecular weight excluding hydrogens is 170 g/mol. The Morgan fingerprint density at radius 2 is 1.50 bits per heavy atom. The van der Waals surface area contributed by atoms with Gasteiger partial charge in [-0.2, -0.15) is 0 Å². The Morgan fingerprint density at radius 1 is 0.929 bits per heavy atom. The molecule has 0 aliphatic heterocycles. The normalized spacial score (nSPS) is 11.0. The first-order valence-electron chi connectivity index (χ1n) is 5.22. The van der Waals surface area contributed by atoms with Crippen LogP contribution in [0.5, 0.6) is 0 Å². The number of rotatable bonds is 3. The SMILES string of the molecule is Cc1cc(C)c(CCN(C)C)cc1C. The van der Waals surface area contributed by atoms with Crippen LogP contribution in [0.2, 0.25) is 0 Å². The van der Waals surface area contributed by atoms with Crippen molar-refractivity contribution in [1.29, 1.82) is 0 Å². The average Bonchev–Trinajstić information content (AvgIpc) is 2.09. The fraction of sp³-hybridized carbons (Fsp3) is 0.538. The van der Waals surface area contributed by atoms with Gasteiger partial charge in [-0.05, 0) is 63.5 Å². The highest BCUT2D eigenvalue weighted by molar-refractivity contribution is 5.36. The summed E-state index contributed by atoms with van der Waals surface area (Å²) >= 11 is 0. The molecule has 0 atom stereocenters. The van der Waals surface area contributed by atoms with Gasteiger partial charge in [0.1, 0.15) is 0 Å². The zero-order valence-corrected chi connectivity index (χ0v) is 10.0. The molecule has 0 spiro atoms. The van der Waals surface area contributed by atoms with Gasteiger partial charge < -0.3 is 4.90 Å². The fourth-order valence-electron chi connectivity index (χ4n) is 1.63. The first-order chi connectivity index (χ1) is 6.50. The standard InChI is InChI=1S/C13H21N/c1-10-8-12(3)13(9-11(10)2)6-7-14(4)5/h8-9H,6-7H2,1-5H3. The monoisotopic (exact) mass is 191 g/mol. The number of nitrogens with zero attached hydrogens (tertiary/aromatic N) is 1. The molecule has 14 heavy (non-hydrogen) atoms. The summed E-state index contributed by atoms with van der Waals surface area (Å²) < 4.78 is 0. The number of benzene rings is 1. The predicted octanol–water partition coefficient (Wildman–Crippen LogP) is 2.72. The minimum absolute atomic E-state index is 1.13. The lowest BCUT2D eigenvalue weighted by molar-refractivity contribution is 0.413. The molecule has 0 N–H and O–H groups in total. The molecule has 0 unspecified atom stereocenters. The number of hydrogen-bond acceptors (Lipinski definition) is 1. The van der Waals surface area contributed by atoms with E-state index in [0.29, 0.717) is 0 Å². The number of likely N-dealkylation sites (N-methyl/N-ethyl adjacent to an activating group) is 1. The van der Waals surface area contributed by atoms with Crippen molar-refractivity contribution in [2.24, 2.45) is 0 Å². The van der Waals surface area contributed by atoms with Crippen LogP contribution in [0.25, 0.3) is 0 Å². The molecule has 1 aromatic rings. The molecule has 0 saturated heterocycles. The third kappa shape index (κ3) is 2.85. The van der Waals surface area contributed by atoms with E-state index >= 15 is 0 Å². The second-order valence-corrected chi connectivity index (χ2v) is 4.42. The molecule has 1 rings (SSSR count). The molecule has 1 heteroatoms. The van der Waals surface area contributed by atoms with Crippen LogP contribution in [0.4, 0.5) is 0 Å². The van der Waals surface area contributed by atoms with E-state index in [4.69, 9.17) is 0 Å². The van der Waals surface area contributed by atoms with E-state index in [9.17, 15) is 0 Å². The smallest absolute Gasteiger partial charge is 0.00158 e. The molecule has 0 aliphatic rings. The summed E-state index contributed by atoms with van der Waals surface area (Å²) in [6.07, 6.45) is 1.15. The first-order valence-corrected chi connectivity index (χ1v) is 5.22. The van der Waals surface area contributed by atoms with E-state index < -0.39 is 0 Å². The van der Waals surface area contributed by atoms with Crippen molar-refractivity contribution in [3.05, 3.63) is 34.4 Å². The highest BCUT2D eigenvalue weighted by Crippen LogP contribution is 2.15. The van der Waals surface area contributed by atoms with Crippen LogP contribution in [-0.4, -0.2) is 25.5 Å². The highest BCUT2D eigenvalue weighted by atomic mass is 15.0. The van der Waals surface area contributed by atoms with Crippen molar-refractivity contribution in [1.82, 2.24) is 4.90 Å². The Labute approximate surface area is 87.7 Å². The lowest BCUT2D eigenvalue weighted by atomic mass is 9.99. The summed E-state index contributed by atoms with van der Waals surface area (Å²) in [5, 5.41) is 0. The Balaban J connectivity index is 2.82. The average molecular weight is 191 g/mol. The first kappa shape index (κ1) is 11.3. The van der Waals surface area contributed by atoms with E-state index in [2.05, 4.69) is 51.9 Å². The second kappa shape index (κ2) is 4.61. The molecule has 0 heterocycles. The van der Waals surface area contributed by atoms with E-state index in [1.54, 1.807) is 0 Å². The second-order valence-electron chi connectivity index (χ2n) is 4.42. The zero-order chi connectivity index (χ0) is 10.7. The fourth-order valence-corrected chi connectivity index (χ4v) is 1.63. The van der Waals surface area contributed by atoms with Crippen LogP contribution < -0.4 is 0 Å². The third-order valence-electron chi connectivity index (χ3n) is 2.78. The number of aryl methyl sites for hydroxylation is 3. The van der Waals surface area contributed by atoms with Gasteiger partial charge in [0.05, 0.1) is 0 Å². The minimum atomic E-state index is 1.13. The van der Waals surface area contributed by atoms with Crippen molar-refractivity contribution in [3.63, 3.8) is 0 Å². The van der Waals surface area contributed by atoms with Crippen molar-refractivity contribution >= 4 is 0 Å². The van der Waals surface area contributed by atoms with Crippen molar-refractivity contribution in [2.45, 2.75) is 27.2 Å². The van der Waals surface area contributed by atoms with E-state index in [1.165, 1.54) is 22.3 Å². The summed E-state index contributed by atoms with van der Waals surface area (Å²) in [6.45, 7) is 7.70. The van der Waals surface area contributed by atoms with Crippen LogP contribution in [0, 0.1) is 20.8 Å². The number of hydrogen-bond donors (Lipinski definition) is 0. The molecule has 0 amide bonds. The highest BCUT2D eigenvalue weighted by Gasteiger charge is 2.02. The van der Waals surface area contributed by atoms with Gasteiger partial charge >= 0.3 is 0 Å². The maximum absolute atomic E-state index is 2.33. The van der Waals surface area contributed by atoms with Gasteiger partial charge in [-0.15, -0.1) is 0 Å². The third-order valence-corrected chi connectivity index (χ3v) is 2.78. The Kier molecular flexibility index (Phi) is 3.70. The molecule has 0 aromatic heterocycles. The van der Waals surface area contributed by atoms with Crippen molar-refractivity contribution in [2.75, 3.05) is 20.6 Å². The van der Waals surface area contributed by atoms with E-state index in [1.807, 2.05) is 0 Å². The molecular formula is C13H21N. The molecule has 0 saturated carbocycles. The Bertz CT molecular complexity index is 313. The van der Waals surface area contributed by atoms with Crippen LogP contribution in [0.15, 0.2) is 12.1 Å². The van der Waals surface area contributed by atoms with Crippen LogP contribution in [0.1, 0.15) is 22.3 Å².